The van der Waals surface area contributed by atoms with Crippen LogP contribution in [0.5, 0.6) is 11.5 Å². The van der Waals surface area contributed by atoms with Gasteiger partial charge in [0, 0.05) is 39.7 Å². The summed E-state index contributed by atoms with van der Waals surface area (Å²) in [6.45, 7) is 11.7. The summed E-state index contributed by atoms with van der Waals surface area (Å²) in [5, 5.41) is 6.45. The number of rotatable bonds is 10. The van der Waals surface area contributed by atoms with Crippen molar-refractivity contribution in [3.8, 4) is 32.4 Å². The lowest BCUT2D eigenvalue weighted by Gasteiger charge is -2.26. The van der Waals surface area contributed by atoms with Gasteiger partial charge >= 0.3 is 0 Å². The fourth-order valence-corrected chi connectivity index (χ4v) is 6.70. The molecule has 0 aliphatic heterocycles. The average Bonchev–Trinajstić information content (AvgIpc) is 3.53. The summed E-state index contributed by atoms with van der Waals surface area (Å²) in [6, 6.07) is 13.0. The van der Waals surface area contributed by atoms with Gasteiger partial charge in [-0.1, -0.05) is 0 Å². The van der Waals surface area contributed by atoms with E-state index in [0.717, 1.165) is 38.3 Å². The molecule has 0 radical (unpaired) electrons. The van der Waals surface area contributed by atoms with Crippen LogP contribution < -0.4 is 9.47 Å². The molecule has 186 valence electrons. The molecule has 6 heteroatoms. The van der Waals surface area contributed by atoms with E-state index in [4.69, 9.17) is 18.9 Å². The Morgan fingerprint density at radius 3 is 1.94 bits per heavy atom. The predicted molar refractivity (Wildman–Crippen MR) is 148 cm³/mol. The Bertz CT molecular complexity index is 1300. The lowest BCUT2D eigenvalue weighted by molar-refractivity contribution is -0.0133. The van der Waals surface area contributed by atoms with Gasteiger partial charge in [-0.05, 0) is 98.1 Å². The van der Waals surface area contributed by atoms with E-state index in [1.807, 2.05) is 13.8 Å². The van der Waals surface area contributed by atoms with Gasteiger partial charge in [-0.3, -0.25) is 0 Å². The van der Waals surface area contributed by atoms with Crippen molar-refractivity contribution in [2.45, 2.75) is 46.3 Å². The van der Waals surface area contributed by atoms with Crippen molar-refractivity contribution in [3.63, 3.8) is 0 Å². The van der Waals surface area contributed by atoms with E-state index in [1.54, 1.807) is 36.9 Å². The summed E-state index contributed by atoms with van der Waals surface area (Å²) in [6.07, 6.45) is 0.0181. The first kappa shape index (κ1) is 25.7. The quantitative estimate of drug-likeness (QED) is 0.214. The van der Waals surface area contributed by atoms with E-state index < -0.39 is 5.60 Å². The standard InChI is InChI=1S/C29H34O4S2/c1-8-32-18(3)21-10-12-34-27(21)22-14-19-17-26(31-7)23(15-20(19)16-25(22)30-6)28-24(11-13-35-28)29(4,5)33-9-2/h10-18H,8-9H2,1-7H3. The molecule has 2 heterocycles. The van der Waals surface area contributed by atoms with Crippen LogP contribution >= 0.6 is 22.7 Å². The molecule has 0 saturated heterocycles. The van der Waals surface area contributed by atoms with Crippen molar-refractivity contribution in [1.29, 1.82) is 0 Å². The van der Waals surface area contributed by atoms with Gasteiger partial charge in [-0.25, -0.2) is 0 Å². The number of thiophene rings is 2. The summed E-state index contributed by atoms with van der Waals surface area (Å²) in [5.74, 6) is 1.70. The summed E-state index contributed by atoms with van der Waals surface area (Å²) in [4.78, 5) is 2.34. The van der Waals surface area contributed by atoms with Crippen LogP contribution in [0.25, 0.3) is 31.7 Å². The highest BCUT2D eigenvalue weighted by Crippen LogP contribution is 2.46. The minimum atomic E-state index is -0.390. The fourth-order valence-electron chi connectivity index (χ4n) is 4.63. The Hall–Kier alpha value is -2.38. The third-order valence-corrected chi connectivity index (χ3v) is 8.25. The fraction of sp³-hybridized carbons (Fsp3) is 0.379. The topological polar surface area (TPSA) is 36.9 Å². The first-order valence-corrected chi connectivity index (χ1v) is 13.7. The zero-order valence-electron chi connectivity index (χ0n) is 21.6. The molecule has 2 aromatic heterocycles. The molecule has 0 aliphatic carbocycles. The van der Waals surface area contributed by atoms with E-state index in [2.05, 4.69) is 67.9 Å². The number of hydrogen-bond donors (Lipinski definition) is 0. The molecule has 1 atom stereocenters. The first-order chi connectivity index (χ1) is 16.8. The second kappa shape index (κ2) is 10.7. The number of benzene rings is 2. The predicted octanol–water partition coefficient (Wildman–Crippen LogP) is 8.68. The number of ether oxygens (including phenoxy) is 4. The zero-order valence-corrected chi connectivity index (χ0v) is 23.2. The highest BCUT2D eigenvalue weighted by atomic mass is 32.1. The Labute approximate surface area is 216 Å². The molecule has 4 rings (SSSR count). The molecule has 0 fully saturated rings. The molecule has 0 saturated carbocycles. The van der Waals surface area contributed by atoms with E-state index in [9.17, 15) is 0 Å². The third-order valence-electron chi connectivity index (χ3n) is 6.34. The van der Waals surface area contributed by atoms with Crippen molar-refractivity contribution in [2.24, 2.45) is 0 Å². The maximum atomic E-state index is 6.07. The van der Waals surface area contributed by atoms with E-state index in [1.165, 1.54) is 16.0 Å². The van der Waals surface area contributed by atoms with Gasteiger partial charge in [0.2, 0.25) is 0 Å². The van der Waals surface area contributed by atoms with Gasteiger partial charge in [0.15, 0.2) is 0 Å². The van der Waals surface area contributed by atoms with E-state index in [-0.39, 0.29) is 6.10 Å². The molecule has 0 spiro atoms. The van der Waals surface area contributed by atoms with Gasteiger partial charge in [-0.15, -0.1) is 22.7 Å². The SMILES string of the molecule is CCOC(C)c1ccsc1-c1cc2cc(OC)c(-c3sccc3C(C)(C)OCC)cc2cc1OC. The van der Waals surface area contributed by atoms with Gasteiger partial charge < -0.3 is 18.9 Å². The molecule has 4 nitrogen and oxygen atoms in total. The highest BCUT2D eigenvalue weighted by molar-refractivity contribution is 7.14. The normalized spacial score (nSPS) is 12.8. The second-order valence-electron chi connectivity index (χ2n) is 8.86. The van der Waals surface area contributed by atoms with Gasteiger partial charge in [-0.2, -0.15) is 0 Å². The lowest BCUT2D eigenvalue weighted by atomic mass is 9.93. The zero-order chi connectivity index (χ0) is 25.2. The minimum Gasteiger partial charge on any atom is -0.496 e. The molecular weight excluding hydrogens is 476 g/mol. The molecule has 1 unspecified atom stereocenters. The first-order valence-electron chi connectivity index (χ1n) is 12.0. The summed E-state index contributed by atoms with van der Waals surface area (Å²) in [7, 11) is 3.47. The van der Waals surface area contributed by atoms with Crippen LogP contribution in [0.15, 0.2) is 47.2 Å². The summed E-state index contributed by atoms with van der Waals surface area (Å²) < 4.78 is 23.8. The molecule has 0 aliphatic rings. The van der Waals surface area contributed by atoms with Crippen LogP contribution in [-0.4, -0.2) is 27.4 Å². The Morgan fingerprint density at radius 2 is 1.37 bits per heavy atom. The van der Waals surface area contributed by atoms with Crippen molar-refractivity contribution >= 4 is 33.4 Å². The smallest absolute Gasteiger partial charge is 0.128 e. The minimum absolute atomic E-state index is 0.0181. The van der Waals surface area contributed by atoms with Crippen molar-refractivity contribution in [3.05, 3.63) is 58.3 Å². The largest absolute Gasteiger partial charge is 0.496 e. The molecule has 0 amide bonds. The molecule has 4 aromatic rings. The monoisotopic (exact) mass is 510 g/mol. The number of methoxy groups -OCH3 is 2. The van der Waals surface area contributed by atoms with E-state index in [0.29, 0.717) is 13.2 Å². The molecular formula is C29H34O4S2. The van der Waals surface area contributed by atoms with Crippen LogP contribution in [-0.2, 0) is 15.1 Å². The van der Waals surface area contributed by atoms with Crippen LogP contribution in [0.4, 0.5) is 0 Å². The van der Waals surface area contributed by atoms with Gasteiger partial charge in [0.25, 0.3) is 0 Å². The van der Waals surface area contributed by atoms with Crippen LogP contribution in [0, 0.1) is 0 Å². The third kappa shape index (κ3) is 4.98. The average molecular weight is 511 g/mol. The van der Waals surface area contributed by atoms with Crippen LogP contribution in [0.3, 0.4) is 0 Å². The van der Waals surface area contributed by atoms with Crippen molar-refractivity contribution in [2.75, 3.05) is 27.4 Å². The maximum Gasteiger partial charge on any atom is 0.128 e. The molecule has 0 N–H and O–H groups in total. The summed E-state index contributed by atoms with van der Waals surface area (Å²) in [5.41, 5.74) is 4.09. The molecule has 0 bridgehead atoms. The van der Waals surface area contributed by atoms with Crippen molar-refractivity contribution in [1.82, 2.24) is 0 Å². The van der Waals surface area contributed by atoms with E-state index >= 15 is 0 Å². The molecule has 35 heavy (non-hydrogen) atoms. The molecule has 2 aromatic carbocycles. The highest BCUT2D eigenvalue weighted by Gasteiger charge is 2.27. The second-order valence-corrected chi connectivity index (χ2v) is 10.7. The van der Waals surface area contributed by atoms with Crippen LogP contribution in [0.1, 0.15) is 51.8 Å². The lowest BCUT2D eigenvalue weighted by Crippen LogP contribution is -2.21. The maximum absolute atomic E-state index is 6.07. The Kier molecular flexibility index (Phi) is 7.86. The van der Waals surface area contributed by atoms with Gasteiger partial charge in [0.1, 0.15) is 11.5 Å². The number of fused-ring (bicyclic) bond motifs is 1. The van der Waals surface area contributed by atoms with Gasteiger partial charge in [0.05, 0.1) is 25.9 Å². The Morgan fingerprint density at radius 1 is 0.800 bits per heavy atom. The van der Waals surface area contributed by atoms with Crippen LogP contribution in [0.2, 0.25) is 0 Å². The Balaban J connectivity index is 1.88. The summed E-state index contributed by atoms with van der Waals surface area (Å²) >= 11 is 3.42. The number of hydrogen-bond acceptors (Lipinski definition) is 6. The van der Waals surface area contributed by atoms with Crippen molar-refractivity contribution < 1.29 is 18.9 Å².